The molecule has 0 bridgehead atoms. The van der Waals surface area contributed by atoms with Gasteiger partial charge in [0.15, 0.2) is 0 Å². The van der Waals surface area contributed by atoms with Crippen molar-refractivity contribution in [1.82, 2.24) is 9.88 Å². The molecule has 1 amide bonds. The highest BCUT2D eigenvalue weighted by Crippen LogP contribution is 2.31. The van der Waals surface area contributed by atoms with Crippen molar-refractivity contribution in [2.24, 2.45) is 0 Å². The molecule has 2 aromatic rings. The second-order valence-electron chi connectivity index (χ2n) is 7.48. The van der Waals surface area contributed by atoms with Crippen LogP contribution < -0.4 is 10.2 Å². The summed E-state index contributed by atoms with van der Waals surface area (Å²) in [5.74, 6) is -0.135. The number of nitro benzene ring substituents is 1. The largest absolute Gasteiger partial charge is 0.377 e. The van der Waals surface area contributed by atoms with Crippen LogP contribution in [0, 0.1) is 10.1 Å². The number of quaternary nitrogens is 1. The van der Waals surface area contributed by atoms with Crippen molar-refractivity contribution >= 4 is 17.3 Å². The van der Waals surface area contributed by atoms with Crippen molar-refractivity contribution in [1.29, 1.82) is 0 Å². The van der Waals surface area contributed by atoms with Crippen LogP contribution >= 0.6 is 0 Å². The lowest BCUT2D eigenvalue weighted by atomic mass is 10.1. The van der Waals surface area contributed by atoms with E-state index in [4.69, 9.17) is 0 Å². The van der Waals surface area contributed by atoms with E-state index in [9.17, 15) is 14.9 Å². The summed E-state index contributed by atoms with van der Waals surface area (Å²) in [7, 11) is 0. The number of piperazine rings is 1. The van der Waals surface area contributed by atoms with Crippen LogP contribution in [0.4, 0.5) is 11.4 Å². The van der Waals surface area contributed by atoms with Crippen LogP contribution in [0.2, 0.25) is 0 Å². The fourth-order valence-corrected chi connectivity index (χ4v) is 3.56. The topological polar surface area (TPSA) is 92.8 Å². The Kier molecular flexibility index (Phi) is 5.21. The number of benzene rings is 1. The van der Waals surface area contributed by atoms with Gasteiger partial charge in [-0.25, -0.2) is 0 Å². The van der Waals surface area contributed by atoms with Crippen molar-refractivity contribution in [3.63, 3.8) is 0 Å². The summed E-state index contributed by atoms with van der Waals surface area (Å²) >= 11 is 0. The SMILES string of the molecule is O=C(c1ccc(NC2CC2)c([N+](=O)[O-])c1)N1CC[NH+](Cc2ccncc2)CC1. The average Bonchev–Trinajstić information content (AvgIpc) is 3.53. The zero-order valence-electron chi connectivity index (χ0n) is 15.6. The van der Waals surface area contributed by atoms with Crippen molar-refractivity contribution in [3.8, 4) is 0 Å². The number of anilines is 1. The molecule has 1 saturated heterocycles. The Morgan fingerprint density at radius 3 is 2.57 bits per heavy atom. The van der Waals surface area contributed by atoms with Gasteiger partial charge in [0.05, 0.1) is 31.1 Å². The Hall–Kier alpha value is -3.00. The number of carbonyl (C=O) groups excluding carboxylic acids is 1. The first kappa shape index (κ1) is 18.4. The molecule has 146 valence electrons. The number of amides is 1. The third-order valence-corrected chi connectivity index (χ3v) is 5.34. The number of aromatic nitrogens is 1. The first-order valence-electron chi connectivity index (χ1n) is 9.67. The predicted molar refractivity (Wildman–Crippen MR) is 104 cm³/mol. The second-order valence-corrected chi connectivity index (χ2v) is 7.48. The van der Waals surface area contributed by atoms with E-state index in [1.54, 1.807) is 29.4 Å². The molecule has 2 N–H and O–H groups in total. The highest BCUT2D eigenvalue weighted by Gasteiger charge is 2.28. The lowest BCUT2D eigenvalue weighted by Crippen LogP contribution is -3.13. The van der Waals surface area contributed by atoms with E-state index >= 15 is 0 Å². The van der Waals surface area contributed by atoms with Gasteiger partial charge >= 0.3 is 0 Å². The van der Waals surface area contributed by atoms with E-state index < -0.39 is 4.92 Å². The van der Waals surface area contributed by atoms with Gasteiger partial charge in [-0.15, -0.1) is 0 Å². The van der Waals surface area contributed by atoms with E-state index in [1.165, 1.54) is 16.5 Å². The average molecular weight is 382 g/mol. The molecule has 0 atom stereocenters. The number of hydrogen-bond donors (Lipinski definition) is 2. The van der Waals surface area contributed by atoms with Crippen molar-refractivity contribution < 1.29 is 14.6 Å². The molecule has 28 heavy (non-hydrogen) atoms. The minimum Gasteiger partial charge on any atom is -0.377 e. The smallest absolute Gasteiger partial charge is 0.293 e. The molecule has 8 nitrogen and oxygen atoms in total. The Balaban J connectivity index is 1.39. The van der Waals surface area contributed by atoms with Crippen molar-refractivity contribution in [2.45, 2.75) is 25.4 Å². The summed E-state index contributed by atoms with van der Waals surface area (Å²) < 4.78 is 0. The third-order valence-electron chi connectivity index (χ3n) is 5.34. The van der Waals surface area contributed by atoms with Crippen LogP contribution in [0.1, 0.15) is 28.8 Å². The molecule has 2 fully saturated rings. The van der Waals surface area contributed by atoms with Crippen LogP contribution in [0.15, 0.2) is 42.7 Å². The monoisotopic (exact) mass is 382 g/mol. The molecule has 1 aromatic heterocycles. The van der Waals surface area contributed by atoms with Gasteiger partial charge in [-0.3, -0.25) is 19.9 Å². The second kappa shape index (κ2) is 7.93. The van der Waals surface area contributed by atoms with Crippen molar-refractivity contribution in [3.05, 3.63) is 64.0 Å². The van der Waals surface area contributed by atoms with Crippen LogP contribution in [-0.4, -0.2) is 52.9 Å². The zero-order valence-corrected chi connectivity index (χ0v) is 15.6. The van der Waals surface area contributed by atoms with E-state index in [0.717, 1.165) is 32.5 Å². The van der Waals surface area contributed by atoms with Gasteiger partial charge in [0, 0.05) is 35.6 Å². The standard InChI is InChI=1S/C20H23N5O3/c26-20(16-1-4-18(22-17-2-3-17)19(13-16)25(27)28)24-11-9-23(10-12-24)14-15-5-7-21-8-6-15/h1,4-8,13,17,22H,2-3,9-12,14H2/p+1. The first-order chi connectivity index (χ1) is 13.6. The molecule has 4 rings (SSSR count). The van der Waals surface area contributed by atoms with Gasteiger partial charge in [-0.1, -0.05) is 0 Å². The summed E-state index contributed by atoms with van der Waals surface area (Å²) in [4.78, 5) is 31.1. The van der Waals surface area contributed by atoms with Gasteiger partial charge in [-0.2, -0.15) is 0 Å². The molecular weight excluding hydrogens is 358 g/mol. The van der Waals surface area contributed by atoms with E-state index in [-0.39, 0.29) is 11.6 Å². The normalized spacial score (nSPS) is 17.4. The summed E-state index contributed by atoms with van der Waals surface area (Å²) in [5.41, 5.74) is 2.08. The van der Waals surface area contributed by atoms with Gasteiger partial charge in [0.1, 0.15) is 12.2 Å². The summed E-state index contributed by atoms with van der Waals surface area (Å²) in [6, 6.07) is 9.10. The highest BCUT2D eigenvalue weighted by molar-refractivity contribution is 5.95. The lowest BCUT2D eigenvalue weighted by molar-refractivity contribution is -0.917. The maximum absolute atomic E-state index is 12.9. The molecule has 8 heteroatoms. The summed E-state index contributed by atoms with van der Waals surface area (Å²) in [5, 5.41) is 14.6. The number of hydrogen-bond acceptors (Lipinski definition) is 5. The van der Waals surface area contributed by atoms with Gasteiger partial charge < -0.3 is 15.1 Å². The summed E-state index contributed by atoms with van der Waals surface area (Å²) in [6.45, 7) is 3.93. The quantitative estimate of drug-likeness (QED) is 0.577. The molecule has 1 aromatic carbocycles. The molecule has 1 aliphatic heterocycles. The van der Waals surface area contributed by atoms with Crippen LogP contribution in [-0.2, 0) is 6.54 Å². The molecule has 0 radical (unpaired) electrons. The fourth-order valence-electron chi connectivity index (χ4n) is 3.56. The zero-order chi connectivity index (χ0) is 19.5. The van der Waals surface area contributed by atoms with Gasteiger partial charge in [-0.05, 0) is 37.1 Å². The minimum absolute atomic E-state index is 0.0281. The van der Waals surface area contributed by atoms with E-state index in [2.05, 4.69) is 10.3 Å². The number of pyridine rings is 1. The van der Waals surface area contributed by atoms with Crippen molar-refractivity contribution in [2.75, 3.05) is 31.5 Å². The van der Waals surface area contributed by atoms with E-state index in [0.29, 0.717) is 30.4 Å². The summed E-state index contributed by atoms with van der Waals surface area (Å²) in [6.07, 6.45) is 5.65. The number of rotatable bonds is 6. The number of nitro groups is 1. The Morgan fingerprint density at radius 2 is 1.93 bits per heavy atom. The molecule has 1 saturated carbocycles. The fraction of sp³-hybridized carbons (Fsp3) is 0.400. The Labute approximate surface area is 163 Å². The number of nitrogens with one attached hydrogen (secondary N) is 2. The predicted octanol–water partition coefficient (Wildman–Crippen LogP) is 1.10. The molecule has 2 aliphatic rings. The molecule has 2 heterocycles. The maximum Gasteiger partial charge on any atom is 0.293 e. The molecule has 0 spiro atoms. The highest BCUT2D eigenvalue weighted by atomic mass is 16.6. The van der Waals surface area contributed by atoms with E-state index in [1.807, 2.05) is 12.1 Å². The Morgan fingerprint density at radius 1 is 1.21 bits per heavy atom. The number of nitrogens with zero attached hydrogens (tertiary/aromatic N) is 3. The number of carbonyl (C=O) groups is 1. The molecule has 1 aliphatic carbocycles. The van der Waals surface area contributed by atoms with Crippen LogP contribution in [0.3, 0.4) is 0 Å². The van der Waals surface area contributed by atoms with Gasteiger partial charge in [0.2, 0.25) is 0 Å². The Bertz CT molecular complexity index is 861. The van der Waals surface area contributed by atoms with Gasteiger partial charge in [0.25, 0.3) is 11.6 Å². The van der Waals surface area contributed by atoms with Crippen LogP contribution in [0.5, 0.6) is 0 Å². The minimum atomic E-state index is -0.418. The maximum atomic E-state index is 12.9. The lowest BCUT2D eigenvalue weighted by Gasteiger charge is -2.32. The molecule has 0 unspecified atom stereocenters. The molecular formula is C20H24N5O3+. The van der Waals surface area contributed by atoms with Crippen LogP contribution in [0.25, 0.3) is 0 Å². The first-order valence-corrected chi connectivity index (χ1v) is 9.67. The third kappa shape index (κ3) is 4.28.